The zero-order chi connectivity index (χ0) is 10.7. The van der Waals surface area contributed by atoms with Gasteiger partial charge < -0.3 is 10.2 Å². The van der Waals surface area contributed by atoms with Crippen LogP contribution in [0.5, 0.6) is 0 Å². The molecule has 0 fully saturated rings. The van der Waals surface area contributed by atoms with Gasteiger partial charge in [0.2, 0.25) is 0 Å². The van der Waals surface area contributed by atoms with Crippen LogP contribution >= 0.6 is 39.0 Å². The summed E-state index contributed by atoms with van der Waals surface area (Å²) >= 11 is 6.67. The van der Waals surface area contributed by atoms with Gasteiger partial charge in [0.15, 0.2) is 0 Å². The third-order valence-electron chi connectivity index (χ3n) is 1.78. The maximum atomic E-state index is 5.73. The minimum atomic E-state index is 0.208. The summed E-state index contributed by atoms with van der Waals surface area (Å²) in [5.74, 6) is 0. The van der Waals surface area contributed by atoms with Crippen LogP contribution in [0.15, 0.2) is 38.0 Å². The lowest BCUT2D eigenvalue weighted by molar-refractivity contribution is 0.453. The summed E-state index contributed by atoms with van der Waals surface area (Å²) in [5, 5.41) is 0.870. The molecule has 0 spiro atoms. The first-order valence-corrected chi connectivity index (χ1v) is 6.80. The first kappa shape index (κ1) is 11.2. The van der Waals surface area contributed by atoms with Crippen LogP contribution in [0.3, 0.4) is 0 Å². The summed E-state index contributed by atoms with van der Waals surface area (Å²) in [6.07, 6.45) is 3.21. The molecule has 0 aromatic carbocycles. The van der Waals surface area contributed by atoms with E-state index in [4.69, 9.17) is 10.2 Å². The van der Waals surface area contributed by atoms with Crippen molar-refractivity contribution in [3.05, 3.63) is 33.3 Å². The van der Waals surface area contributed by atoms with Crippen LogP contribution in [0, 0.1) is 0 Å². The summed E-state index contributed by atoms with van der Waals surface area (Å²) in [5.41, 5.74) is 5.73. The van der Waals surface area contributed by atoms with Gasteiger partial charge in [0, 0.05) is 11.4 Å². The number of thiophene rings is 1. The minimum absolute atomic E-state index is 0.208. The second-order valence-corrected chi connectivity index (χ2v) is 6.43. The van der Waals surface area contributed by atoms with E-state index in [1.807, 2.05) is 6.07 Å². The summed E-state index contributed by atoms with van der Waals surface area (Å²) in [4.78, 5) is 5.30. The molecule has 2 N–H and O–H groups in total. The molecule has 1 unspecified atom stereocenters. The highest BCUT2D eigenvalue weighted by atomic mass is 79.9. The molecule has 0 saturated carbocycles. The zero-order valence-corrected chi connectivity index (χ0v) is 10.9. The molecule has 0 aliphatic heterocycles. The van der Waals surface area contributed by atoms with Gasteiger partial charge in [-0.2, -0.15) is 0 Å². The molecule has 6 heteroatoms. The lowest BCUT2D eigenvalue weighted by atomic mass is 10.3. The van der Waals surface area contributed by atoms with Crippen molar-refractivity contribution in [2.24, 2.45) is 5.73 Å². The van der Waals surface area contributed by atoms with Gasteiger partial charge in [0.1, 0.15) is 6.26 Å². The van der Waals surface area contributed by atoms with E-state index in [0.717, 1.165) is 3.79 Å². The third kappa shape index (κ3) is 2.84. The van der Waals surface area contributed by atoms with E-state index >= 15 is 0 Å². The lowest BCUT2D eigenvalue weighted by Gasteiger charge is -2.08. The molecule has 0 aliphatic carbocycles. The highest BCUT2D eigenvalue weighted by molar-refractivity contribution is 9.11. The Hall–Kier alpha value is -0.300. The van der Waals surface area contributed by atoms with Crippen LogP contribution in [0.2, 0.25) is 0 Å². The second-order valence-electron chi connectivity index (χ2n) is 2.78. The summed E-state index contributed by atoms with van der Waals surface area (Å²) in [6, 6.07) is 4.10. The Balaban J connectivity index is 2.11. The molecular formula is C9H9BrN2OS2. The molecule has 2 aromatic rings. The largest absolute Gasteiger partial charge is 0.440 e. The molecular weight excluding hydrogens is 296 g/mol. The van der Waals surface area contributed by atoms with Gasteiger partial charge in [-0.15, -0.1) is 11.3 Å². The van der Waals surface area contributed by atoms with Crippen molar-refractivity contribution in [2.45, 2.75) is 10.5 Å². The van der Waals surface area contributed by atoms with Crippen LogP contribution in [0.1, 0.15) is 10.1 Å². The van der Waals surface area contributed by atoms with Crippen LogP contribution in [0.25, 0.3) is 0 Å². The number of halogens is 1. The van der Waals surface area contributed by atoms with Crippen LogP contribution < -0.4 is 5.73 Å². The molecule has 1 atom stereocenters. The molecule has 0 bridgehead atoms. The summed E-state index contributed by atoms with van der Waals surface area (Å²) < 4.78 is 6.30. The van der Waals surface area contributed by atoms with Crippen molar-refractivity contribution in [2.75, 3.05) is 6.54 Å². The van der Waals surface area contributed by atoms with Crippen molar-refractivity contribution in [3.63, 3.8) is 0 Å². The van der Waals surface area contributed by atoms with Gasteiger partial charge in [-0.25, -0.2) is 4.98 Å². The quantitative estimate of drug-likeness (QED) is 0.881. The molecule has 0 radical (unpaired) electrons. The fraction of sp³-hybridized carbons (Fsp3) is 0.222. The Bertz CT molecular complexity index is 415. The van der Waals surface area contributed by atoms with Crippen molar-refractivity contribution >= 4 is 39.0 Å². The van der Waals surface area contributed by atoms with Gasteiger partial charge in [-0.1, -0.05) is 11.8 Å². The predicted octanol–water partition coefficient (Wildman–Crippen LogP) is 3.29. The predicted molar refractivity (Wildman–Crippen MR) is 66.2 cm³/mol. The number of nitrogens with zero attached hydrogens (tertiary/aromatic N) is 1. The molecule has 0 amide bonds. The number of hydrogen-bond acceptors (Lipinski definition) is 5. The fourth-order valence-corrected chi connectivity index (χ4v) is 3.59. The van der Waals surface area contributed by atoms with E-state index in [-0.39, 0.29) is 5.25 Å². The van der Waals surface area contributed by atoms with Gasteiger partial charge >= 0.3 is 0 Å². The number of nitrogens with two attached hydrogens (primary N) is 1. The Morgan fingerprint density at radius 1 is 1.60 bits per heavy atom. The number of thioether (sulfide) groups is 1. The molecule has 2 aromatic heterocycles. The smallest absolute Gasteiger partial charge is 0.256 e. The highest BCUT2D eigenvalue weighted by Gasteiger charge is 2.15. The Kier molecular flexibility index (Phi) is 3.85. The van der Waals surface area contributed by atoms with Gasteiger partial charge in [0.05, 0.1) is 15.2 Å². The van der Waals surface area contributed by atoms with E-state index < -0.39 is 0 Å². The Morgan fingerprint density at radius 2 is 2.47 bits per heavy atom. The molecule has 2 heterocycles. The van der Waals surface area contributed by atoms with Gasteiger partial charge in [-0.3, -0.25) is 0 Å². The van der Waals surface area contributed by atoms with E-state index in [2.05, 4.69) is 27.0 Å². The number of aromatic nitrogens is 1. The normalized spacial score (nSPS) is 12.9. The standard InChI is InChI=1S/C9H9BrN2OS2/c10-8-2-1-6(14-8)7(5-11)15-9-12-3-4-13-9/h1-4,7H,5,11H2. The fourth-order valence-electron chi connectivity index (χ4n) is 1.11. The lowest BCUT2D eigenvalue weighted by Crippen LogP contribution is -2.07. The van der Waals surface area contributed by atoms with Crippen molar-refractivity contribution in [1.82, 2.24) is 4.98 Å². The summed E-state index contributed by atoms with van der Waals surface area (Å²) in [7, 11) is 0. The summed E-state index contributed by atoms with van der Waals surface area (Å²) in [6.45, 7) is 0.569. The SMILES string of the molecule is NCC(Sc1ncco1)c1ccc(Br)s1. The van der Waals surface area contributed by atoms with Crippen LogP contribution in [0.4, 0.5) is 0 Å². The van der Waals surface area contributed by atoms with E-state index in [0.29, 0.717) is 11.8 Å². The molecule has 3 nitrogen and oxygen atoms in total. The highest BCUT2D eigenvalue weighted by Crippen LogP contribution is 2.38. The third-order valence-corrected chi connectivity index (χ3v) is 4.80. The molecule has 0 saturated heterocycles. The van der Waals surface area contributed by atoms with E-state index in [1.54, 1.807) is 35.6 Å². The van der Waals surface area contributed by atoms with Crippen molar-refractivity contribution in [3.8, 4) is 0 Å². The number of rotatable bonds is 4. The first-order chi connectivity index (χ1) is 7.29. The zero-order valence-electron chi connectivity index (χ0n) is 7.72. The minimum Gasteiger partial charge on any atom is -0.440 e. The molecule has 80 valence electrons. The maximum Gasteiger partial charge on any atom is 0.256 e. The van der Waals surface area contributed by atoms with Crippen molar-refractivity contribution < 1.29 is 4.42 Å². The average molecular weight is 305 g/mol. The molecule has 0 aliphatic rings. The van der Waals surface area contributed by atoms with Gasteiger partial charge in [0.25, 0.3) is 5.22 Å². The van der Waals surface area contributed by atoms with Gasteiger partial charge in [-0.05, 0) is 28.1 Å². The van der Waals surface area contributed by atoms with Crippen molar-refractivity contribution in [1.29, 1.82) is 0 Å². The van der Waals surface area contributed by atoms with Crippen LogP contribution in [-0.2, 0) is 0 Å². The van der Waals surface area contributed by atoms with E-state index in [9.17, 15) is 0 Å². The topological polar surface area (TPSA) is 52.0 Å². The number of oxazole rings is 1. The maximum absolute atomic E-state index is 5.73. The number of hydrogen-bond donors (Lipinski definition) is 1. The Labute approximate surface area is 104 Å². The average Bonchev–Trinajstić information content (AvgIpc) is 2.85. The second kappa shape index (κ2) is 5.16. The van der Waals surface area contributed by atoms with E-state index in [1.165, 1.54) is 4.88 Å². The van der Waals surface area contributed by atoms with Crippen LogP contribution in [-0.4, -0.2) is 11.5 Å². The molecule has 2 rings (SSSR count). The Morgan fingerprint density at radius 3 is 3.00 bits per heavy atom. The monoisotopic (exact) mass is 304 g/mol. The molecule has 15 heavy (non-hydrogen) atoms. The first-order valence-electron chi connectivity index (χ1n) is 4.31.